The maximum absolute atomic E-state index is 4.81. The fourth-order valence-corrected chi connectivity index (χ4v) is 2.19. The van der Waals surface area contributed by atoms with E-state index in [9.17, 15) is 0 Å². The van der Waals surface area contributed by atoms with Crippen LogP contribution >= 0.6 is 0 Å². The van der Waals surface area contributed by atoms with Crippen molar-refractivity contribution >= 4 is 11.6 Å². The van der Waals surface area contributed by atoms with Crippen LogP contribution in [0.25, 0.3) is 0 Å². The maximum atomic E-state index is 4.81. The van der Waals surface area contributed by atoms with Crippen LogP contribution in [0, 0.1) is 6.92 Å². The third-order valence-corrected chi connectivity index (χ3v) is 3.37. The Morgan fingerprint density at radius 2 is 1.80 bits per heavy atom. The van der Waals surface area contributed by atoms with E-state index in [1.54, 1.807) is 0 Å². The van der Waals surface area contributed by atoms with Crippen LogP contribution in [-0.4, -0.2) is 29.6 Å². The number of nitrogens with one attached hydrogen (secondary N) is 1. The van der Waals surface area contributed by atoms with E-state index in [2.05, 4.69) is 51.8 Å². The monoisotopic (exact) mass is 278 g/mol. The van der Waals surface area contributed by atoms with Crippen LogP contribution in [-0.2, 0) is 0 Å². The van der Waals surface area contributed by atoms with Crippen LogP contribution < -0.4 is 10.2 Å². The Balaban J connectivity index is 3.22. The molecule has 0 spiro atoms. The van der Waals surface area contributed by atoms with Crippen molar-refractivity contribution in [1.29, 1.82) is 0 Å². The molecule has 1 N–H and O–H groups in total. The molecule has 0 unspecified atom stereocenters. The second kappa shape index (κ2) is 8.08. The zero-order valence-corrected chi connectivity index (χ0v) is 14.0. The van der Waals surface area contributed by atoms with Crippen LogP contribution in [0.15, 0.2) is 0 Å². The van der Waals surface area contributed by atoms with E-state index in [-0.39, 0.29) is 0 Å². The maximum Gasteiger partial charge on any atom is 0.137 e. The quantitative estimate of drug-likeness (QED) is 0.781. The highest BCUT2D eigenvalue weighted by molar-refractivity contribution is 5.58. The highest BCUT2D eigenvalue weighted by Crippen LogP contribution is 2.26. The standard InChI is InChI=1S/C16H30N4/c1-7-10-17-15-13(6)16(20(9-3)11-8-2)19-14(18-15)12(4)5/h12H,7-11H2,1-6H3,(H,17,18,19). The zero-order chi connectivity index (χ0) is 15.1. The minimum atomic E-state index is 0.344. The molecule has 0 aliphatic carbocycles. The van der Waals surface area contributed by atoms with Gasteiger partial charge in [0.2, 0.25) is 0 Å². The number of aromatic nitrogens is 2. The third kappa shape index (κ3) is 4.09. The van der Waals surface area contributed by atoms with Crippen molar-refractivity contribution in [2.75, 3.05) is 29.9 Å². The summed E-state index contributed by atoms with van der Waals surface area (Å²) in [6, 6.07) is 0. The van der Waals surface area contributed by atoms with Gasteiger partial charge in [0.25, 0.3) is 0 Å². The fraction of sp³-hybridized carbons (Fsp3) is 0.750. The predicted molar refractivity (Wildman–Crippen MR) is 87.8 cm³/mol. The first-order valence-corrected chi connectivity index (χ1v) is 7.92. The first-order valence-electron chi connectivity index (χ1n) is 7.92. The molecule has 0 aliphatic heterocycles. The summed E-state index contributed by atoms with van der Waals surface area (Å²) in [5.41, 5.74) is 1.16. The molecule has 0 saturated carbocycles. The van der Waals surface area contributed by atoms with E-state index < -0.39 is 0 Å². The highest BCUT2D eigenvalue weighted by Gasteiger charge is 2.16. The van der Waals surface area contributed by atoms with Gasteiger partial charge < -0.3 is 10.2 Å². The van der Waals surface area contributed by atoms with E-state index in [4.69, 9.17) is 9.97 Å². The van der Waals surface area contributed by atoms with Crippen molar-refractivity contribution in [1.82, 2.24) is 9.97 Å². The van der Waals surface area contributed by atoms with Crippen molar-refractivity contribution in [3.05, 3.63) is 11.4 Å². The minimum Gasteiger partial charge on any atom is -0.370 e. The molecule has 0 atom stereocenters. The van der Waals surface area contributed by atoms with Gasteiger partial charge in [-0.3, -0.25) is 0 Å². The van der Waals surface area contributed by atoms with Gasteiger partial charge in [-0.25, -0.2) is 9.97 Å². The molecule has 20 heavy (non-hydrogen) atoms. The Labute approximate surface area is 124 Å². The number of nitrogens with zero attached hydrogens (tertiary/aromatic N) is 3. The summed E-state index contributed by atoms with van der Waals surface area (Å²) in [5, 5.41) is 3.44. The summed E-state index contributed by atoms with van der Waals surface area (Å²) in [5.74, 6) is 3.36. The van der Waals surface area contributed by atoms with Crippen molar-refractivity contribution in [3.63, 3.8) is 0 Å². The molecule has 0 fully saturated rings. The molecule has 1 rings (SSSR count). The lowest BCUT2D eigenvalue weighted by Gasteiger charge is -2.25. The third-order valence-electron chi connectivity index (χ3n) is 3.37. The predicted octanol–water partition coefficient (Wildman–Crippen LogP) is 3.97. The van der Waals surface area contributed by atoms with Gasteiger partial charge in [0, 0.05) is 31.1 Å². The van der Waals surface area contributed by atoms with Gasteiger partial charge in [0.05, 0.1) is 0 Å². The second-order valence-corrected chi connectivity index (χ2v) is 5.54. The van der Waals surface area contributed by atoms with Gasteiger partial charge in [0.15, 0.2) is 0 Å². The second-order valence-electron chi connectivity index (χ2n) is 5.54. The van der Waals surface area contributed by atoms with Crippen molar-refractivity contribution < 1.29 is 0 Å². The van der Waals surface area contributed by atoms with Crippen LogP contribution in [0.4, 0.5) is 11.6 Å². The Morgan fingerprint density at radius 1 is 1.10 bits per heavy atom. The molecule has 1 heterocycles. The molecule has 0 aromatic carbocycles. The molecule has 0 amide bonds. The summed E-state index contributed by atoms with van der Waals surface area (Å²) in [4.78, 5) is 11.9. The normalized spacial score (nSPS) is 10.9. The van der Waals surface area contributed by atoms with E-state index in [1.165, 1.54) is 0 Å². The lowest BCUT2D eigenvalue weighted by molar-refractivity contribution is 0.733. The zero-order valence-electron chi connectivity index (χ0n) is 14.0. The summed E-state index contributed by atoms with van der Waals surface area (Å²) in [6.45, 7) is 16.0. The first kappa shape index (κ1) is 16.7. The lowest BCUT2D eigenvalue weighted by Crippen LogP contribution is -2.27. The van der Waals surface area contributed by atoms with E-state index in [1.807, 2.05) is 0 Å². The Hall–Kier alpha value is -1.32. The summed E-state index contributed by atoms with van der Waals surface area (Å²) in [7, 11) is 0. The van der Waals surface area contributed by atoms with Gasteiger partial charge in [-0.05, 0) is 26.7 Å². The Kier molecular flexibility index (Phi) is 6.76. The fourth-order valence-electron chi connectivity index (χ4n) is 2.19. The minimum absolute atomic E-state index is 0.344. The van der Waals surface area contributed by atoms with Gasteiger partial charge in [-0.2, -0.15) is 0 Å². The summed E-state index contributed by atoms with van der Waals surface area (Å²) < 4.78 is 0. The molecule has 0 saturated heterocycles. The van der Waals surface area contributed by atoms with E-state index >= 15 is 0 Å². The van der Waals surface area contributed by atoms with Crippen LogP contribution in [0.5, 0.6) is 0 Å². The van der Waals surface area contributed by atoms with E-state index in [0.717, 1.165) is 55.5 Å². The van der Waals surface area contributed by atoms with Gasteiger partial charge in [-0.15, -0.1) is 0 Å². The number of rotatable bonds is 8. The van der Waals surface area contributed by atoms with Crippen molar-refractivity contribution in [2.45, 2.75) is 60.3 Å². The molecule has 114 valence electrons. The number of hydrogen-bond acceptors (Lipinski definition) is 4. The first-order chi connectivity index (χ1) is 9.54. The Bertz CT molecular complexity index is 415. The SMILES string of the molecule is CCCNc1nc(C(C)C)nc(N(CC)CCC)c1C. The van der Waals surface area contributed by atoms with Crippen LogP contribution in [0.3, 0.4) is 0 Å². The average Bonchev–Trinajstić information content (AvgIpc) is 2.43. The average molecular weight is 278 g/mol. The van der Waals surface area contributed by atoms with Gasteiger partial charge in [0.1, 0.15) is 17.5 Å². The van der Waals surface area contributed by atoms with E-state index in [0.29, 0.717) is 5.92 Å². The summed E-state index contributed by atoms with van der Waals surface area (Å²) in [6.07, 6.45) is 2.23. The van der Waals surface area contributed by atoms with Crippen molar-refractivity contribution in [2.24, 2.45) is 0 Å². The molecule has 0 radical (unpaired) electrons. The summed E-state index contributed by atoms with van der Waals surface area (Å²) >= 11 is 0. The highest BCUT2D eigenvalue weighted by atomic mass is 15.2. The molecule has 1 aromatic rings. The molecule has 1 aromatic heterocycles. The van der Waals surface area contributed by atoms with Gasteiger partial charge >= 0.3 is 0 Å². The molecular formula is C16H30N4. The molecule has 4 nitrogen and oxygen atoms in total. The number of anilines is 2. The molecule has 4 heteroatoms. The van der Waals surface area contributed by atoms with Crippen molar-refractivity contribution in [3.8, 4) is 0 Å². The van der Waals surface area contributed by atoms with Crippen LogP contribution in [0.1, 0.15) is 64.8 Å². The molecular weight excluding hydrogens is 248 g/mol. The van der Waals surface area contributed by atoms with Crippen LogP contribution in [0.2, 0.25) is 0 Å². The smallest absolute Gasteiger partial charge is 0.137 e. The largest absolute Gasteiger partial charge is 0.370 e. The van der Waals surface area contributed by atoms with Gasteiger partial charge in [-0.1, -0.05) is 27.7 Å². The molecule has 0 bridgehead atoms. The lowest BCUT2D eigenvalue weighted by atomic mass is 10.2. The number of hydrogen-bond donors (Lipinski definition) is 1. The molecule has 0 aliphatic rings. The topological polar surface area (TPSA) is 41.1 Å². The Morgan fingerprint density at radius 3 is 2.30 bits per heavy atom.